The molecule has 2 aromatic rings. The zero-order valence-corrected chi connectivity index (χ0v) is 16.0. The first-order valence-electron chi connectivity index (χ1n) is 8.41. The molecule has 2 rings (SSSR count). The molecule has 0 radical (unpaired) electrons. The molecule has 0 aliphatic heterocycles. The molecule has 7 heteroatoms. The van der Waals surface area contributed by atoms with E-state index in [0.29, 0.717) is 30.6 Å². The summed E-state index contributed by atoms with van der Waals surface area (Å²) in [6, 6.07) is 7.22. The molecule has 0 atom stereocenters. The van der Waals surface area contributed by atoms with Crippen LogP contribution in [0.15, 0.2) is 36.9 Å². The molecule has 1 aromatic carbocycles. The van der Waals surface area contributed by atoms with Crippen LogP contribution in [-0.4, -0.2) is 29.0 Å². The van der Waals surface area contributed by atoms with Crippen molar-refractivity contribution in [2.24, 2.45) is 5.92 Å². The lowest BCUT2D eigenvalue weighted by Gasteiger charge is -2.14. The average Bonchev–Trinajstić information content (AvgIpc) is 2.91. The first-order chi connectivity index (χ1) is 12.4. The van der Waals surface area contributed by atoms with E-state index in [1.807, 2.05) is 19.1 Å². The summed E-state index contributed by atoms with van der Waals surface area (Å²) in [7, 11) is 0. The van der Waals surface area contributed by atoms with Crippen molar-refractivity contribution < 1.29 is 14.3 Å². The number of carbonyl (C=O) groups is 1. The van der Waals surface area contributed by atoms with Crippen LogP contribution in [0.25, 0.3) is 0 Å². The van der Waals surface area contributed by atoms with E-state index in [1.54, 1.807) is 22.9 Å². The Kier molecular flexibility index (Phi) is 7.09. The highest BCUT2D eigenvalue weighted by molar-refractivity contribution is 6.30. The highest BCUT2D eigenvalue weighted by atomic mass is 35.5. The Balaban J connectivity index is 2.14. The molecule has 0 fully saturated rings. The summed E-state index contributed by atoms with van der Waals surface area (Å²) in [6.45, 7) is 11.0. The summed E-state index contributed by atoms with van der Waals surface area (Å²) >= 11 is 6.14. The Morgan fingerprint density at radius 1 is 1.42 bits per heavy atom. The number of aromatic nitrogens is 2. The van der Waals surface area contributed by atoms with Crippen LogP contribution >= 0.6 is 11.6 Å². The Bertz CT molecular complexity index is 771. The van der Waals surface area contributed by atoms with Gasteiger partial charge in [0, 0.05) is 28.9 Å². The summed E-state index contributed by atoms with van der Waals surface area (Å²) in [4.78, 5) is 11.6. The van der Waals surface area contributed by atoms with Crippen molar-refractivity contribution in [1.29, 1.82) is 0 Å². The molecular formula is C19H24ClN3O3. The largest absolute Gasteiger partial charge is 0.493 e. The zero-order chi connectivity index (χ0) is 19.1. The molecule has 0 spiro atoms. The fourth-order valence-electron chi connectivity index (χ4n) is 2.21. The molecule has 0 aliphatic rings. The lowest BCUT2D eigenvalue weighted by molar-refractivity contribution is 0.199. The molecule has 0 saturated carbocycles. The molecule has 6 nitrogen and oxygen atoms in total. The normalized spacial score (nSPS) is 10.7. The third kappa shape index (κ3) is 5.81. The van der Waals surface area contributed by atoms with Crippen LogP contribution in [-0.2, 0) is 6.54 Å². The molecule has 1 heterocycles. The third-order valence-electron chi connectivity index (χ3n) is 3.46. The van der Waals surface area contributed by atoms with Gasteiger partial charge in [-0.2, -0.15) is 0 Å². The van der Waals surface area contributed by atoms with Gasteiger partial charge in [0.25, 0.3) is 0 Å². The van der Waals surface area contributed by atoms with Gasteiger partial charge in [0.2, 0.25) is 5.88 Å². The van der Waals surface area contributed by atoms with E-state index < -0.39 is 6.09 Å². The Morgan fingerprint density at radius 3 is 2.88 bits per heavy atom. The lowest BCUT2D eigenvalue weighted by Crippen LogP contribution is -2.26. The van der Waals surface area contributed by atoms with Crippen molar-refractivity contribution in [3.05, 3.63) is 53.2 Å². The molecule has 0 unspecified atom stereocenters. The van der Waals surface area contributed by atoms with Gasteiger partial charge in [-0.1, -0.05) is 31.5 Å². The van der Waals surface area contributed by atoms with Crippen molar-refractivity contribution in [3.63, 3.8) is 0 Å². The number of ether oxygens (including phenoxy) is 2. The van der Waals surface area contributed by atoms with Gasteiger partial charge in [0.05, 0.1) is 13.2 Å². The van der Waals surface area contributed by atoms with Gasteiger partial charge in [-0.25, -0.2) is 4.79 Å². The Morgan fingerprint density at radius 2 is 2.19 bits per heavy atom. The number of benzene rings is 1. The number of carbonyl (C=O) groups excluding carboxylic acids is 1. The molecule has 0 aliphatic carbocycles. The number of rotatable bonds is 8. The number of nitrogens with one attached hydrogen (secondary N) is 1. The smallest absolute Gasteiger partial charge is 0.414 e. The Labute approximate surface area is 158 Å². The molecule has 1 aromatic heterocycles. The lowest BCUT2D eigenvalue weighted by atomic mass is 10.2. The van der Waals surface area contributed by atoms with Crippen LogP contribution in [0.3, 0.4) is 0 Å². The van der Waals surface area contributed by atoms with Crippen molar-refractivity contribution in [3.8, 4) is 11.6 Å². The topological polar surface area (TPSA) is 65.4 Å². The SMILES string of the molecule is C=CCNC(=O)Oc1cc(C)n(Cc2cc(Cl)ccc2OCC(C)C)n1. The monoisotopic (exact) mass is 377 g/mol. The summed E-state index contributed by atoms with van der Waals surface area (Å²) in [6.07, 6.45) is 1.00. The molecule has 0 bridgehead atoms. The van der Waals surface area contributed by atoms with E-state index in [0.717, 1.165) is 17.0 Å². The van der Waals surface area contributed by atoms with Crippen molar-refractivity contribution in [2.75, 3.05) is 13.2 Å². The second kappa shape index (κ2) is 9.29. The van der Waals surface area contributed by atoms with E-state index in [9.17, 15) is 4.79 Å². The second-order valence-electron chi connectivity index (χ2n) is 6.30. The fourth-order valence-corrected chi connectivity index (χ4v) is 2.40. The highest BCUT2D eigenvalue weighted by Gasteiger charge is 2.13. The van der Waals surface area contributed by atoms with Crippen LogP contribution < -0.4 is 14.8 Å². The standard InChI is InChI=1S/C19H24ClN3O3/c1-5-8-21-19(24)26-18-9-14(4)23(22-18)11-15-10-16(20)6-7-17(15)25-12-13(2)3/h5-7,9-10,13H,1,8,11-12H2,2-4H3,(H,21,24). The van der Waals surface area contributed by atoms with E-state index in [4.69, 9.17) is 21.1 Å². The van der Waals surface area contributed by atoms with Crippen LogP contribution in [0.5, 0.6) is 11.6 Å². The Hall–Kier alpha value is -2.47. The van der Waals surface area contributed by atoms with Crippen LogP contribution in [0.1, 0.15) is 25.1 Å². The van der Waals surface area contributed by atoms with E-state index >= 15 is 0 Å². The minimum atomic E-state index is -0.571. The van der Waals surface area contributed by atoms with Gasteiger partial charge in [0.15, 0.2) is 0 Å². The number of nitrogens with zero attached hydrogens (tertiary/aromatic N) is 2. The summed E-state index contributed by atoms with van der Waals surface area (Å²) in [5, 5.41) is 7.49. The van der Waals surface area contributed by atoms with Crippen molar-refractivity contribution >= 4 is 17.7 Å². The van der Waals surface area contributed by atoms with E-state index in [1.165, 1.54) is 0 Å². The van der Waals surface area contributed by atoms with Crippen LogP contribution in [0.2, 0.25) is 5.02 Å². The van der Waals surface area contributed by atoms with E-state index in [-0.39, 0.29) is 5.88 Å². The third-order valence-corrected chi connectivity index (χ3v) is 3.70. The second-order valence-corrected chi connectivity index (χ2v) is 6.73. The fraction of sp³-hybridized carbons (Fsp3) is 0.368. The van der Waals surface area contributed by atoms with Crippen LogP contribution in [0.4, 0.5) is 4.79 Å². The van der Waals surface area contributed by atoms with Gasteiger partial charge in [-0.05, 0) is 31.0 Å². The number of hydrogen-bond acceptors (Lipinski definition) is 4. The maximum Gasteiger partial charge on any atom is 0.414 e. The van der Waals surface area contributed by atoms with Gasteiger partial charge in [-0.3, -0.25) is 4.68 Å². The summed E-state index contributed by atoms with van der Waals surface area (Å²) in [5.74, 6) is 1.42. The van der Waals surface area contributed by atoms with Gasteiger partial charge in [-0.15, -0.1) is 11.7 Å². The molecular weight excluding hydrogens is 354 g/mol. The predicted octanol–water partition coefficient (Wildman–Crippen LogP) is 4.20. The maximum absolute atomic E-state index is 11.6. The van der Waals surface area contributed by atoms with E-state index in [2.05, 4.69) is 30.8 Å². The van der Waals surface area contributed by atoms with Crippen molar-refractivity contribution in [1.82, 2.24) is 15.1 Å². The first-order valence-corrected chi connectivity index (χ1v) is 8.79. The summed E-state index contributed by atoms with van der Waals surface area (Å²) in [5.41, 5.74) is 1.76. The minimum absolute atomic E-state index is 0.232. The summed E-state index contributed by atoms with van der Waals surface area (Å²) < 4.78 is 12.8. The molecule has 1 N–H and O–H groups in total. The zero-order valence-electron chi connectivity index (χ0n) is 15.3. The first kappa shape index (κ1) is 19.8. The molecule has 0 saturated heterocycles. The predicted molar refractivity (Wildman–Crippen MR) is 102 cm³/mol. The number of halogens is 1. The van der Waals surface area contributed by atoms with Crippen LogP contribution in [0, 0.1) is 12.8 Å². The maximum atomic E-state index is 11.6. The number of hydrogen-bond donors (Lipinski definition) is 1. The number of aryl methyl sites for hydroxylation is 1. The van der Waals surface area contributed by atoms with Gasteiger partial charge in [0.1, 0.15) is 5.75 Å². The van der Waals surface area contributed by atoms with Gasteiger partial charge < -0.3 is 14.8 Å². The van der Waals surface area contributed by atoms with Gasteiger partial charge >= 0.3 is 6.09 Å². The average molecular weight is 378 g/mol. The molecule has 1 amide bonds. The van der Waals surface area contributed by atoms with Crippen molar-refractivity contribution in [2.45, 2.75) is 27.3 Å². The number of amides is 1. The highest BCUT2D eigenvalue weighted by Crippen LogP contribution is 2.25. The minimum Gasteiger partial charge on any atom is -0.493 e. The quantitative estimate of drug-likeness (QED) is 0.700. The molecule has 26 heavy (non-hydrogen) atoms. The molecule has 140 valence electrons.